The highest BCUT2D eigenvalue weighted by Crippen LogP contribution is 2.16. The van der Waals surface area contributed by atoms with E-state index in [1.54, 1.807) is 22.8 Å². The number of hydrogen-bond donors (Lipinski definition) is 0. The van der Waals surface area contributed by atoms with Gasteiger partial charge < -0.3 is 0 Å². The summed E-state index contributed by atoms with van der Waals surface area (Å²) in [4.78, 5) is 15.4. The molecule has 82 valence electrons. The van der Waals surface area contributed by atoms with Gasteiger partial charge in [-0.05, 0) is 12.1 Å². The zero-order valence-electron chi connectivity index (χ0n) is 8.95. The van der Waals surface area contributed by atoms with Gasteiger partial charge in [-0.3, -0.25) is 4.79 Å². The summed E-state index contributed by atoms with van der Waals surface area (Å²) in [6, 6.07) is 14.7. The fourth-order valence-corrected chi connectivity index (χ4v) is 1.77. The Labute approximate surface area is 97.2 Å². The van der Waals surface area contributed by atoms with Crippen LogP contribution in [0.2, 0.25) is 0 Å². The van der Waals surface area contributed by atoms with E-state index in [0.29, 0.717) is 5.65 Å². The van der Waals surface area contributed by atoms with Crippen LogP contribution in [0.5, 0.6) is 0 Å². The quantitative estimate of drug-likeness (QED) is 0.631. The van der Waals surface area contributed by atoms with Crippen molar-refractivity contribution >= 4 is 5.65 Å². The molecule has 3 rings (SSSR count). The van der Waals surface area contributed by atoms with Gasteiger partial charge in [-0.1, -0.05) is 30.3 Å². The third-order valence-corrected chi connectivity index (χ3v) is 2.51. The van der Waals surface area contributed by atoms with Crippen LogP contribution in [0.15, 0.2) is 59.5 Å². The van der Waals surface area contributed by atoms with Gasteiger partial charge in [-0.25, -0.2) is 4.52 Å². The lowest BCUT2D eigenvalue weighted by Gasteiger charge is -2.06. The van der Waals surface area contributed by atoms with E-state index in [0.717, 1.165) is 11.3 Å². The molecule has 2 aromatic heterocycles. The van der Waals surface area contributed by atoms with Gasteiger partial charge in [0, 0.05) is 17.8 Å². The van der Waals surface area contributed by atoms with Crippen LogP contribution >= 0.6 is 0 Å². The highest BCUT2D eigenvalue weighted by Gasteiger charge is 2.05. The second-order valence-electron chi connectivity index (χ2n) is 3.64. The summed E-state index contributed by atoms with van der Waals surface area (Å²) in [7, 11) is 0. The molecule has 2 heterocycles. The molecule has 0 spiro atoms. The Balaban J connectivity index is 2.40. The van der Waals surface area contributed by atoms with Gasteiger partial charge in [0.15, 0.2) is 5.65 Å². The van der Waals surface area contributed by atoms with Crippen molar-refractivity contribution in [3.8, 4) is 11.3 Å². The lowest BCUT2D eigenvalue weighted by atomic mass is 10.1. The maximum Gasteiger partial charge on any atom is 0.273 e. The van der Waals surface area contributed by atoms with Gasteiger partial charge in [0.1, 0.15) is 0 Å². The average Bonchev–Trinajstić information content (AvgIpc) is 2.39. The van der Waals surface area contributed by atoms with Crippen LogP contribution in [0.3, 0.4) is 0 Å². The average molecular weight is 223 g/mol. The minimum atomic E-state index is -0.253. The van der Waals surface area contributed by atoms with Crippen molar-refractivity contribution < 1.29 is 0 Å². The normalized spacial score (nSPS) is 10.6. The molecule has 0 saturated heterocycles. The van der Waals surface area contributed by atoms with E-state index in [2.05, 4.69) is 10.1 Å². The fourth-order valence-electron chi connectivity index (χ4n) is 1.77. The molecule has 0 aliphatic carbocycles. The lowest BCUT2D eigenvalue weighted by Crippen LogP contribution is -2.11. The van der Waals surface area contributed by atoms with Crippen LogP contribution in [0.1, 0.15) is 0 Å². The van der Waals surface area contributed by atoms with Gasteiger partial charge >= 0.3 is 0 Å². The zero-order chi connectivity index (χ0) is 11.7. The van der Waals surface area contributed by atoms with Gasteiger partial charge in [-0.15, -0.1) is 0 Å². The predicted octanol–water partition coefficient (Wildman–Crippen LogP) is 1.76. The van der Waals surface area contributed by atoms with Crippen molar-refractivity contribution in [2.45, 2.75) is 0 Å². The second kappa shape index (κ2) is 3.83. The van der Waals surface area contributed by atoms with Crippen LogP contribution in [-0.2, 0) is 0 Å². The third kappa shape index (κ3) is 1.69. The van der Waals surface area contributed by atoms with Gasteiger partial charge in [-0.2, -0.15) is 10.1 Å². The number of benzene rings is 1. The van der Waals surface area contributed by atoms with E-state index in [1.807, 2.05) is 30.3 Å². The van der Waals surface area contributed by atoms with Crippen LogP contribution in [0, 0.1) is 0 Å². The summed E-state index contributed by atoms with van der Waals surface area (Å²) in [6.45, 7) is 0. The van der Waals surface area contributed by atoms with E-state index in [9.17, 15) is 4.79 Å². The van der Waals surface area contributed by atoms with Crippen LogP contribution in [-0.4, -0.2) is 14.6 Å². The molecule has 0 bridgehead atoms. The molecule has 4 nitrogen and oxygen atoms in total. The molecule has 0 unspecified atom stereocenters. The molecule has 4 heteroatoms. The fraction of sp³-hybridized carbons (Fsp3) is 0. The SMILES string of the molecule is O=c1cc(-c2ccccc2)n2ncccc2n1. The number of nitrogens with zero attached hydrogens (tertiary/aromatic N) is 3. The van der Waals surface area contributed by atoms with Crippen LogP contribution < -0.4 is 5.56 Å². The first-order valence-electron chi connectivity index (χ1n) is 5.25. The van der Waals surface area contributed by atoms with Crippen molar-refractivity contribution in [3.05, 3.63) is 65.1 Å². The number of aromatic nitrogens is 3. The molecule has 0 aliphatic rings. The van der Waals surface area contributed by atoms with Crippen molar-refractivity contribution in [2.24, 2.45) is 0 Å². The van der Waals surface area contributed by atoms with Crippen molar-refractivity contribution in [1.29, 1.82) is 0 Å². The largest absolute Gasteiger partial charge is 0.273 e. The monoisotopic (exact) mass is 223 g/mol. The highest BCUT2D eigenvalue weighted by atomic mass is 16.1. The van der Waals surface area contributed by atoms with Crippen LogP contribution in [0.4, 0.5) is 0 Å². The Hall–Kier alpha value is -2.49. The minimum absolute atomic E-state index is 0.253. The summed E-state index contributed by atoms with van der Waals surface area (Å²) < 4.78 is 1.66. The topological polar surface area (TPSA) is 47.3 Å². The van der Waals surface area contributed by atoms with Gasteiger partial charge in [0.25, 0.3) is 5.56 Å². The highest BCUT2D eigenvalue weighted by molar-refractivity contribution is 5.61. The zero-order valence-corrected chi connectivity index (χ0v) is 8.95. The third-order valence-electron chi connectivity index (χ3n) is 2.51. The first-order chi connectivity index (χ1) is 8.34. The van der Waals surface area contributed by atoms with E-state index >= 15 is 0 Å². The lowest BCUT2D eigenvalue weighted by molar-refractivity contribution is 0.902. The molecule has 0 saturated carbocycles. The summed E-state index contributed by atoms with van der Waals surface area (Å²) in [5, 5.41) is 4.21. The molecule has 0 amide bonds. The maximum absolute atomic E-state index is 11.5. The molecule has 3 aromatic rings. The predicted molar refractivity (Wildman–Crippen MR) is 64.7 cm³/mol. The van der Waals surface area contributed by atoms with E-state index in [4.69, 9.17) is 0 Å². The van der Waals surface area contributed by atoms with Crippen molar-refractivity contribution in [3.63, 3.8) is 0 Å². The second-order valence-corrected chi connectivity index (χ2v) is 3.64. The van der Waals surface area contributed by atoms with E-state index in [-0.39, 0.29) is 5.56 Å². The van der Waals surface area contributed by atoms with E-state index in [1.165, 1.54) is 6.07 Å². The number of rotatable bonds is 1. The molecule has 0 N–H and O–H groups in total. The first kappa shape index (κ1) is 9.72. The first-order valence-corrected chi connectivity index (χ1v) is 5.25. The van der Waals surface area contributed by atoms with Crippen molar-refractivity contribution in [1.82, 2.24) is 14.6 Å². The molecular formula is C13H9N3O. The van der Waals surface area contributed by atoms with Gasteiger partial charge in [0.05, 0.1) is 5.69 Å². The molecule has 0 fully saturated rings. The van der Waals surface area contributed by atoms with Crippen LogP contribution in [0.25, 0.3) is 16.9 Å². The molecule has 17 heavy (non-hydrogen) atoms. The Kier molecular flexibility index (Phi) is 2.19. The summed E-state index contributed by atoms with van der Waals surface area (Å²) in [5.74, 6) is 0. The molecular weight excluding hydrogens is 214 g/mol. The minimum Gasteiger partial charge on any atom is -0.267 e. The summed E-state index contributed by atoms with van der Waals surface area (Å²) >= 11 is 0. The summed E-state index contributed by atoms with van der Waals surface area (Å²) in [6.07, 6.45) is 1.67. The molecule has 0 aliphatic heterocycles. The smallest absolute Gasteiger partial charge is 0.267 e. The number of hydrogen-bond acceptors (Lipinski definition) is 3. The Morgan fingerprint density at radius 2 is 1.82 bits per heavy atom. The summed E-state index contributed by atoms with van der Waals surface area (Å²) in [5.41, 5.74) is 2.00. The van der Waals surface area contributed by atoms with Crippen molar-refractivity contribution in [2.75, 3.05) is 0 Å². The molecule has 1 aromatic carbocycles. The van der Waals surface area contributed by atoms with E-state index < -0.39 is 0 Å². The Bertz CT molecular complexity index is 719. The Morgan fingerprint density at radius 1 is 1.00 bits per heavy atom. The maximum atomic E-state index is 11.5. The molecule has 0 radical (unpaired) electrons. The van der Waals surface area contributed by atoms with Gasteiger partial charge in [0.2, 0.25) is 0 Å². The molecule has 0 atom stereocenters. The number of fused-ring (bicyclic) bond motifs is 1. The Morgan fingerprint density at radius 3 is 2.65 bits per heavy atom. The standard InChI is InChI=1S/C13H9N3O/c17-13-9-11(10-5-2-1-3-6-10)16-12(15-13)7-4-8-14-16/h1-9H.